The summed E-state index contributed by atoms with van der Waals surface area (Å²) in [7, 11) is 0. The van der Waals surface area contributed by atoms with Crippen LogP contribution in [0, 0.1) is 0 Å². The SMILES string of the molecule is O=C1CC2(CCN(C3CCCCCC3)CC2)c2ccccc2N1. The highest BCUT2D eigenvalue weighted by Gasteiger charge is 2.43. The Hall–Kier alpha value is -1.35. The van der Waals surface area contributed by atoms with Crippen molar-refractivity contribution < 1.29 is 4.79 Å². The van der Waals surface area contributed by atoms with Gasteiger partial charge in [0.25, 0.3) is 0 Å². The minimum Gasteiger partial charge on any atom is -0.326 e. The van der Waals surface area contributed by atoms with Gasteiger partial charge in [-0.2, -0.15) is 0 Å². The maximum Gasteiger partial charge on any atom is 0.225 e. The van der Waals surface area contributed by atoms with Crippen LogP contribution < -0.4 is 5.32 Å². The van der Waals surface area contributed by atoms with Crippen LogP contribution in [0.5, 0.6) is 0 Å². The quantitative estimate of drug-likeness (QED) is 0.792. The van der Waals surface area contributed by atoms with Gasteiger partial charge in [-0.05, 0) is 50.4 Å². The first kappa shape index (κ1) is 15.2. The minimum atomic E-state index is 0.0835. The monoisotopic (exact) mass is 312 g/mol. The smallest absolute Gasteiger partial charge is 0.225 e. The number of para-hydroxylation sites is 1. The van der Waals surface area contributed by atoms with E-state index in [-0.39, 0.29) is 11.3 Å². The van der Waals surface area contributed by atoms with Crippen molar-refractivity contribution in [3.8, 4) is 0 Å². The van der Waals surface area contributed by atoms with Gasteiger partial charge in [0.1, 0.15) is 0 Å². The van der Waals surface area contributed by atoms with Gasteiger partial charge in [0.15, 0.2) is 0 Å². The van der Waals surface area contributed by atoms with E-state index in [1.54, 1.807) is 0 Å². The van der Waals surface area contributed by atoms with Crippen molar-refractivity contribution in [2.24, 2.45) is 0 Å². The van der Waals surface area contributed by atoms with Crippen LogP contribution in [-0.2, 0) is 10.2 Å². The third-order valence-electron chi connectivity index (χ3n) is 6.37. The highest BCUT2D eigenvalue weighted by atomic mass is 16.1. The Morgan fingerprint density at radius 3 is 2.43 bits per heavy atom. The van der Waals surface area contributed by atoms with Crippen molar-refractivity contribution in [3.63, 3.8) is 0 Å². The van der Waals surface area contributed by atoms with Crippen molar-refractivity contribution >= 4 is 11.6 Å². The molecule has 23 heavy (non-hydrogen) atoms. The van der Waals surface area contributed by atoms with Gasteiger partial charge in [0, 0.05) is 23.6 Å². The molecule has 1 aliphatic carbocycles. The molecule has 4 rings (SSSR count). The molecule has 0 aromatic heterocycles. The van der Waals surface area contributed by atoms with Crippen molar-refractivity contribution in [2.45, 2.75) is 69.2 Å². The Morgan fingerprint density at radius 1 is 1.00 bits per heavy atom. The average Bonchev–Trinajstić information content (AvgIpc) is 2.85. The zero-order valence-electron chi connectivity index (χ0n) is 14.0. The molecule has 3 aliphatic rings. The molecule has 1 spiro atoms. The molecule has 1 aromatic rings. The second-order valence-corrected chi connectivity index (χ2v) is 7.73. The number of hydrogen-bond donors (Lipinski definition) is 1. The number of rotatable bonds is 1. The molecule has 1 amide bonds. The summed E-state index contributed by atoms with van der Waals surface area (Å²) in [6.07, 6.45) is 11.3. The fourth-order valence-corrected chi connectivity index (χ4v) is 5.04. The van der Waals surface area contributed by atoms with E-state index in [0.717, 1.165) is 37.7 Å². The standard InChI is InChI=1S/C20H28N2O/c23-19-15-20(17-9-5-6-10-18(17)21-19)11-13-22(14-12-20)16-7-3-1-2-4-8-16/h5-6,9-10,16H,1-4,7-8,11-15H2,(H,21,23). The zero-order chi connectivity index (χ0) is 15.7. The molecular weight excluding hydrogens is 284 g/mol. The summed E-state index contributed by atoms with van der Waals surface area (Å²) >= 11 is 0. The lowest BCUT2D eigenvalue weighted by atomic mass is 9.68. The summed E-state index contributed by atoms with van der Waals surface area (Å²) < 4.78 is 0. The van der Waals surface area contributed by atoms with Crippen LogP contribution in [0.3, 0.4) is 0 Å². The average molecular weight is 312 g/mol. The maximum atomic E-state index is 12.2. The van der Waals surface area contributed by atoms with Crippen LogP contribution in [-0.4, -0.2) is 29.9 Å². The molecule has 0 atom stereocenters. The molecule has 2 fully saturated rings. The Labute approximate surface area is 139 Å². The Bertz CT molecular complexity index is 567. The maximum absolute atomic E-state index is 12.2. The second kappa shape index (κ2) is 6.27. The number of carbonyl (C=O) groups excluding carboxylic acids is 1. The van der Waals surface area contributed by atoms with Crippen LogP contribution in [0.2, 0.25) is 0 Å². The van der Waals surface area contributed by atoms with Crippen LogP contribution in [0.4, 0.5) is 5.69 Å². The predicted molar refractivity (Wildman–Crippen MR) is 93.7 cm³/mol. The number of fused-ring (bicyclic) bond motifs is 2. The van der Waals surface area contributed by atoms with Crippen LogP contribution in [0.25, 0.3) is 0 Å². The fraction of sp³-hybridized carbons (Fsp3) is 0.650. The fourth-order valence-electron chi connectivity index (χ4n) is 5.04. The number of nitrogens with one attached hydrogen (secondary N) is 1. The summed E-state index contributed by atoms with van der Waals surface area (Å²) in [5.74, 6) is 0.201. The normalized spacial score (nSPS) is 25.7. The summed E-state index contributed by atoms with van der Waals surface area (Å²) in [5.41, 5.74) is 2.51. The predicted octanol–water partition coefficient (Wildman–Crippen LogP) is 4.09. The molecule has 124 valence electrons. The Morgan fingerprint density at radius 2 is 1.70 bits per heavy atom. The third-order valence-corrected chi connectivity index (χ3v) is 6.37. The van der Waals surface area contributed by atoms with Crippen LogP contribution >= 0.6 is 0 Å². The van der Waals surface area contributed by atoms with Gasteiger partial charge in [-0.3, -0.25) is 4.79 Å². The van der Waals surface area contributed by atoms with E-state index in [2.05, 4.69) is 28.4 Å². The molecule has 3 heteroatoms. The Kier molecular flexibility index (Phi) is 4.14. The van der Waals surface area contributed by atoms with Crippen molar-refractivity contribution in [2.75, 3.05) is 18.4 Å². The zero-order valence-corrected chi connectivity index (χ0v) is 14.0. The van der Waals surface area contributed by atoms with Gasteiger partial charge in [0.05, 0.1) is 0 Å². The molecular formula is C20H28N2O. The van der Waals surface area contributed by atoms with Gasteiger partial charge >= 0.3 is 0 Å². The van der Waals surface area contributed by atoms with E-state index in [1.807, 2.05) is 6.07 Å². The lowest BCUT2D eigenvalue weighted by Gasteiger charge is -2.46. The summed E-state index contributed by atoms with van der Waals surface area (Å²) in [6.45, 7) is 2.32. The molecule has 0 radical (unpaired) electrons. The van der Waals surface area contributed by atoms with E-state index in [9.17, 15) is 4.79 Å². The lowest BCUT2D eigenvalue weighted by molar-refractivity contribution is -0.118. The molecule has 3 nitrogen and oxygen atoms in total. The van der Waals surface area contributed by atoms with E-state index >= 15 is 0 Å². The third kappa shape index (κ3) is 2.91. The first-order valence-corrected chi connectivity index (χ1v) is 9.40. The first-order chi connectivity index (χ1) is 11.3. The largest absolute Gasteiger partial charge is 0.326 e. The van der Waals surface area contributed by atoms with Gasteiger partial charge in [-0.15, -0.1) is 0 Å². The summed E-state index contributed by atoms with van der Waals surface area (Å²) in [5, 5.41) is 3.06. The Balaban J connectivity index is 1.51. The van der Waals surface area contributed by atoms with E-state index in [0.29, 0.717) is 6.42 Å². The number of carbonyl (C=O) groups is 1. The molecule has 0 unspecified atom stereocenters. The molecule has 0 bridgehead atoms. The molecule has 2 aliphatic heterocycles. The van der Waals surface area contributed by atoms with Gasteiger partial charge in [0.2, 0.25) is 5.91 Å². The second-order valence-electron chi connectivity index (χ2n) is 7.73. The lowest BCUT2D eigenvalue weighted by Crippen LogP contribution is -2.49. The van der Waals surface area contributed by atoms with Crippen LogP contribution in [0.15, 0.2) is 24.3 Å². The van der Waals surface area contributed by atoms with Gasteiger partial charge in [-0.1, -0.05) is 43.9 Å². The number of anilines is 1. The number of likely N-dealkylation sites (tertiary alicyclic amines) is 1. The number of nitrogens with zero attached hydrogens (tertiary/aromatic N) is 1. The van der Waals surface area contributed by atoms with E-state index in [4.69, 9.17) is 0 Å². The van der Waals surface area contributed by atoms with Crippen LogP contribution in [0.1, 0.15) is 63.4 Å². The van der Waals surface area contributed by atoms with Gasteiger partial charge in [-0.25, -0.2) is 0 Å². The topological polar surface area (TPSA) is 32.3 Å². The minimum absolute atomic E-state index is 0.0835. The van der Waals surface area contributed by atoms with Crippen molar-refractivity contribution in [1.29, 1.82) is 0 Å². The molecule has 2 heterocycles. The van der Waals surface area contributed by atoms with E-state index < -0.39 is 0 Å². The molecule has 1 saturated carbocycles. The summed E-state index contributed by atoms with van der Waals surface area (Å²) in [4.78, 5) is 14.9. The number of amides is 1. The highest BCUT2D eigenvalue weighted by molar-refractivity contribution is 5.95. The molecule has 1 N–H and O–H groups in total. The molecule has 1 saturated heterocycles. The van der Waals surface area contributed by atoms with Gasteiger partial charge < -0.3 is 10.2 Å². The highest BCUT2D eigenvalue weighted by Crippen LogP contribution is 2.45. The van der Waals surface area contributed by atoms with Crippen molar-refractivity contribution in [1.82, 2.24) is 4.90 Å². The van der Waals surface area contributed by atoms with Crippen molar-refractivity contribution in [3.05, 3.63) is 29.8 Å². The number of benzene rings is 1. The molecule has 1 aromatic carbocycles. The first-order valence-electron chi connectivity index (χ1n) is 9.40. The number of piperidine rings is 1. The van der Waals surface area contributed by atoms with E-state index in [1.165, 1.54) is 44.1 Å². The number of hydrogen-bond acceptors (Lipinski definition) is 2. The summed E-state index contributed by atoms with van der Waals surface area (Å²) in [6, 6.07) is 9.23.